The minimum Gasteiger partial charge on any atom is -0.349 e. The van der Waals surface area contributed by atoms with Gasteiger partial charge in [-0.1, -0.05) is 11.6 Å². The van der Waals surface area contributed by atoms with Crippen LogP contribution in [0, 0.1) is 12.8 Å². The number of benzene rings is 1. The number of nitrogens with one attached hydrogen (secondary N) is 1. The topological polar surface area (TPSA) is 46.9 Å². The van der Waals surface area contributed by atoms with E-state index in [1.54, 1.807) is 6.92 Å². The zero-order chi connectivity index (χ0) is 23.0. The highest BCUT2D eigenvalue weighted by Gasteiger charge is 2.35. The minimum atomic E-state index is -4.59. The molecule has 1 aromatic heterocycles. The van der Waals surface area contributed by atoms with Gasteiger partial charge < -0.3 is 5.32 Å². The third kappa shape index (κ3) is 5.72. The monoisotopic (exact) mass is 467 g/mol. The third-order valence-electron chi connectivity index (χ3n) is 5.42. The van der Waals surface area contributed by atoms with Crippen molar-refractivity contribution in [2.75, 3.05) is 0 Å². The molecular formula is C20H20ClF6N3O. The first-order valence-electron chi connectivity index (χ1n) is 9.64. The number of carbonyl (C=O) groups is 1. The number of hydrogen-bond acceptors (Lipinski definition) is 2. The molecule has 0 radical (unpaired) electrons. The third-order valence-corrected chi connectivity index (χ3v) is 5.75. The first-order valence-corrected chi connectivity index (χ1v) is 10.0. The first kappa shape index (κ1) is 23.4. The van der Waals surface area contributed by atoms with Crippen molar-refractivity contribution in [1.29, 1.82) is 0 Å². The molecule has 1 aliphatic rings. The average Bonchev–Trinajstić information content (AvgIpc) is 3.03. The molecule has 1 saturated carbocycles. The van der Waals surface area contributed by atoms with E-state index in [9.17, 15) is 31.1 Å². The highest BCUT2D eigenvalue weighted by Crippen LogP contribution is 2.33. The summed E-state index contributed by atoms with van der Waals surface area (Å²) >= 11 is 5.90. The van der Waals surface area contributed by atoms with Crippen LogP contribution in [-0.2, 0) is 18.9 Å². The lowest BCUT2D eigenvalue weighted by molar-refractivity contribution is -0.141. The number of nitrogens with zero attached hydrogens (tertiary/aromatic N) is 2. The van der Waals surface area contributed by atoms with Gasteiger partial charge in [-0.25, -0.2) is 0 Å². The molecule has 0 spiro atoms. The molecule has 1 fully saturated rings. The van der Waals surface area contributed by atoms with Gasteiger partial charge in [0.15, 0.2) is 5.69 Å². The van der Waals surface area contributed by atoms with Gasteiger partial charge in [-0.15, -0.1) is 0 Å². The van der Waals surface area contributed by atoms with Gasteiger partial charge in [-0.05, 0) is 62.8 Å². The smallest absolute Gasteiger partial charge is 0.349 e. The van der Waals surface area contributed by atoms with Crippen molar-refractivity contribution in [3.8, 4) is 0 Å². The Morgan fingerprint density at radius 1 is 1.10 bits per heavy atom. The fraction of sp³-hybridized carbons (Fsp3) is 0.500. The fourth-order valence-electron chi connectivity index (χ4n) is 3.71. The number of alkyl halides is 6. The van der Waals surface area contributed by atoms with Crippen molar-refractivity contribution in [3.63, 3.8) is 0 Å². The Bertz CT molecular complexity index is 945. The number of halogens is 7. The molecule has 31 heavy (non-hydrogen) atoms. The molecule has 0 saturated heterocycles. The maximum Gasteiger partial charge on any atom is 0.435 e. The van der Waals surface area contributed by atoms with Crippen molar-refractivity contribution in [2.24, 2.45) is 5.92 Å². The maximum atomic E-state index is 12.9. The Morgan fingerprint density at radius 3 is 2.29 bits per heavy atom. The normalized spacial score (nSPS) is 20.0. The number of carbonyl (C=O) groups excluding carboxylic acids is 1. The van der Waals surface area contributed by atoms with Gasteiger partial charge in [0.25, 0.3) is 5.91 Å². The van der Waals surface area contributed by atoms with Crippen LogP contribution in [0.5, 0.6) is 0 Å². The fourth-order valence-corrected chi connectivity index (χ4v) is 3.91. The number of aryl methyl sites for hydroxylation is 1. The quantitative estimate of drug-likeness (QED) is 0.571. The maximum absolute atomic E-state index is 12.9. The van der Waals surface area contributed by atoms with Crippen molar-refractivity contribution >= 4 is 17.5 Å². The molecular weight excluding hydrogens is 448 g/mol. The lowest BCUT2D eigenvalue weighted by Crippen LogP contribution is -2.38. The largest absolute Gasteiger partial charge is 0.435 e. The molecule has 0 bridgehead atoms. The van der Waals surface area contributed by atoms with E-state index in [0.29, 0.717) is 37.9 Å². The van der Waals surface area contributed by atoms with Crippen LogP contribution in [0.25, 0.3) is 0 Å². The van der Waals surface area contributed by atoms with Crippen molar-refractivity contribution in [3.05, 3.63) is 51.8 Å². The van der Waals surface area contributed by atoms with Crippen LogP contribution in [0.4, 0.5) is 26.3 Å². The molecule has 1 N–H and O–H groups in total. The first-order chi connectivity index (χ1) is 14.3. The van der Waals surface area contributed by atoms with E-state index >= 15 is 0 Å². The van der Waals surface area contributed by atoms with Crippen molar-refractivity contribution in [2.45, 2.75) is 57.5 Å². The van der Waals surface area contributed by atoms with Crippen molar-refractivity contribution < 1.29 is 31.1 Å². The Kier molecular flexibility index (Phi) is 6.59. The Labute approximate surface area is 179 Å². The molecule has 1 amide bonds. The molecule has 11 heteroatoms. The molecule has 1 heterocycles. The SMILES string of the molecule is Cc1cc(C(F)(F)F)nn1CC1CCC(NC(=O)c2cc(C(F)(F)F)ccc2Cl)CC1. The van der Waals surface area contributed by atoms with Crippen LogP contribution in [0.2, 0.25) is 5.02 Å². The van der Waals surface area contributed by atoms with Gasteiger partial charge in [-0.2, -0.15) is 31.4 Å². The highest BCUT2D eigenvalue weighted by molar-refractivity contribution is 6.33. The summed E-state index contributed by atoms with van der Waals surface area (Å²) in [5.41, 5.74) is -1.71. The summed E-state index contributed by atoms with van der Waals surface area (Å²) in [5, 5.41) is 6.27. The number of amides is 1. The Balaban J connectivity index is 1.57. The molecule has 170 valence electrons. The second kappa shape index (κ2) is 8.72. The minimum absolute atomic E-state index is 0.0752. The van der Waals surface area contributed by atoms with E-state index in [-0.39, 0.29) is 22.5 Å². The molecule has 3 rings (SSSR count). The standard InChI is InChI=1S/C20H20ClF6N3O/c1-11-8-17(20(25,26)27)29-30(11)10-12-2-5-14(6-3-12)28-18(31)15-9-13(19(22,23)24)4-7-16(15)21/h4,7-9,12,14H,2-3,5-6,10H2,1H3,(H,28,31). The molecule has 1 aliphatic carbocycles. The summed E-state index contributed by atoms with van der Waals surface area (Å²) in [6.07, 6.45) is -6.69. The van der Waals surface area contributed by atoms with Crippen LogP contribution in [0.1, 0.15) is 53.0 Å². The zero-order valence-corrected chi connectivity index (χ0v) is 17.2. The molecule has 0 unspecified atom stereocenters. The van der Waals surface area contributed by atoms with E-state index < -0.39 is 29.5 Å². The van der Waals surface area contributed by atoms with E-state index in [4.69, 9.17) is 11.6 Å². The van der Waals surface area contributed by atoms with Gasteiger partial charge in [0.1, 0.15) is 0 Å². The van der Waals surface area contributed by atoms with E-state index in [1.807, 2.05) is 0 Å². The molecule has 1 aromatic carbocycles. The van der Waals surface area contributed by atoms with Crippen LogP contribution < -0.4 is 5.32 Å². The predicted molar refractivity (Wildman–Crippen MR) is 102 cm³/mol. The molecule has 2 aromatic rings. The summed E-state index contributed by atoms with van der Waals surface area (Å²) in [6.45, 7) is 1.90. The van der Waals surface area contributed by atoms with E-state index in [1.165, 1.54) is 4.68 Å². The Morgan fingerprint density at radius 2 is 1.74 bits per heavy atom. The van der Waals surface area contributed by atoms with Gasteiger partial charge in [0.05, 0.1) is 16.1 Å². The van der Waals surface area contributed by atoms with Gasteiger partial charge in [0.2, 0.25) is 0 Å². The summed E-state index contributed by atoms with van der Waals surface area (Å²) < 4.78 is 78.4. The summed E-state index contributed by atoms with van der Waals surface area (Å²) in [5.74, 6) is -0.595. The number of rotatable bonds is 4. The lowest BCUT2D eigenvalue weighted by Gasteiger charge is -2.29. The average molecular weight is 468 g/mol. The molecule has 0 aliphatic heterocycles. The summed E-state index contributed by atoms with van der Waals surface area (Å²) in [4.78, 5) is 12.4. The van der Waals surface area contributed by atoms with Crippen LogP contribution in [0.3, 0.4) is 0 Å². The predicted octanol–water partition coefficient (Wildman–Crippen LogP) is 5.87. The van der Waals surface area contributed by atoms with E-state index in [0.717, 1.165) is 24.3 Å². The summed E-state index contributed by atoms with van der Waals surface area (Å²) in [6, 6.07) is 3.33. The van der Waals surface area contributed by atoms with Crippen molar-refractivity contribution in [1.82, 2.24) is 15.1 Å². The number of hydrogen-bond donors (Lipinski definition) is 1. The second-order valence-corrected chi connectivity index (χ2v) is 8.14. The second-order valence-electron chi connectivity index (χ2n) is 7.73. The van der Waals surface area contributed by atoms with Crippen LogP contribution in [-0.4, -0.2) is 21.7 Å². The molecule has 0 atom stereocenters. The van der Waals surface area contributed by atoms with Crippen LogP contribution >= 0.6 is 11.6 Å². The summed E-state index contributed by atoms with van der Waals surface area (Å²) in [7, 11) is 0. The van der Waals surface area contributed by atoms with Gasteiger partial charge >= 0.3 is 12.4 Å². The highest BCUT2D eigenvalue weighted by atomic mass is 35.5. The van der Waals surface area contributed by atoms with Gasteiger partial charge in [0, 0.05) is 18.3 Å². The van der Waals surface area contributed by atoms with Crippen LogP contribution in [0.15, 0.2) is 24.3 Å². The Hall–Kier alpha value is -2.23. The molecule has 4 nitrogen and oxygen atoms in total. The zero-order valence-electron chi connectivity index (χ0n) is 16.4. The van der Waals surface area contributed by atoms with E-state index in [2.05, 4.69) is 10.4 Å². The van der Waals surface area contributed by atoms with Gasteiger partial charge in [-0.3, -0.25) is 9.48 Å². The number of aromatic nitrogens is 2. The lowest BCUT2D eigenvalue weighted by atomic mass is 9.86.